The Kier molecular flexibility index (Phi) is 4.32. The Bertz CT molecular complexity index is 634. The summed E-state index contributed by atoms with van der Waals surface area (Å²) in [6.07, 6.45) is 3.65. The molecule has 0 atom stereocenters. The summed E-state index contributed by atoms with van der Waals surface area (Å²) in [6.45, 7) is 4.22. The second-order valence-corrected chi connectivity index (χ2v) is 4.88. The van der Waals surface area contributed by atoms with Crippen molar-refractivity contribution in [3.05, 3.63) is 40.3 Å². The largest absolute Gasteiger partial charge is 0.497 e. The smallest absolute Gasteiger partial charge is 0.133 e. The Hall–Kier alpha value is -1.68. The first-order valence-electron chi connectivity index (χ1n) is 6.39. The Labute approximate surface area is 118 Å². The topological polar surface area (TPSA) is 37.9 Å². The lowest BCUT2D eigenvalue weighted by atomic mass is 10.00. The van der Waals surface area contributed by atoms with Crippen molar-refractivity contribution in [3.8, 4) is 17.0 Å². The maximum Gasteiger partial charge on any atom is 0.133 e. The first kappa shape index (κ1) is 13.7. The molecule has 1 N–H and O–H groups in total. The minimum Gasteiger partial charge on any atom is -0.497 e. The summed E-state index contributed by atoms with van der Waals surface area (Å²) in [5.74, 6) is 0.867. The molecule has 0 aliphatic heterocycles. The molecule has 1 heterocycles. The monoisotopic (exact) mass is 274 g/mol. The number of methoxy groups -OCH3 is 1. The van der Waals surface area contributed by atoms with Gasteiger partial charge in [-0.05, 0) is 37.1 Å². The third-order valence-electron chi connectivity index (χ3n) is 3.15. The summed E-state index contributed by atoms with van der Waals surface area (Å²) >= 11 is 5.34. The Balaban J connectivity index is 2.58. The number of aromatic amines is 1. The Morgan fingerprint density at radius 3 is 2.79 bits per heavy atom. The standard InChI is InChI=1S/C15H18N2OS/c1-4-5-13-14(16-9-17-15(13)19)12-7-6-11(18-3)8-10(12)2/h6-9H,4-5H2,1-3H3,(H,16,17,19). The fraction of sp³-hybridized carbons (Fsp3) is 0.333. The van der Waals surface area contributed by atoms with Crippen LogP contribution in [0.25, 0.3) is 11.3 Å². The highest BCUT2D eigenvalue weighted by Crippen LogP contribution is 2.28. The Morgan fingerprint density at radius 2 is 2.16 bits per heavy atom. The Morgan fingerprint density at radius 1 is 1.37 bits per heavy atom. The molecule has 2 rings (SSSR count). The molecule has 0 fully saturated rings. The molecule has 0 spiro atoms. The van der Waals surface area contributed by atoms with Gasteiger partial charge in [0, 0.05) is 11.1 Å². The van der Waals surface area contributed by atoms with E-state index in [1.807, 2.05) is 12.1 Å². The van der Waals surface area contributed by atoms with Crippen LogP contribution >= 0.6 is 12.2 Å². The number of nitrogens with zero attached hydrogens (tertiary/aromatic N) is 1. The molecule has 1 aromatic carbocycles. The van der Waals surface area contributed by atoms with Crippen molar-refractivity contribution in [3.63, 3.8) is 0 Å². The molecule has 1 aromatic heterocycles. The highest BCUT2D eigenvalue weighted by Gasteiger charge is 2.10. The van der Waals surface area contributed by atoms with E-state index in [0.717, 1.165) is 41.0 Å². The second kappa shape index (κ2) is 5.97. The minimum atomic E-state index is 0.686. The summed E-state index contributed by atoms with van der Waals surface area (Å²) in [7, 11) is 1.68. The number of benzene rings is 1. The van der Waals surface area contributed by atoms with Crippen LogP contribution in [0.15, 0.2) is 24.5 Å². The molecule has 0 radical (unpaired) electrons. The van der Waals surface area contributed by atoms with E-state index in [4.69, 9.17) is 17.0 Å². The van der Waals surface area contributed by atoms with Gasteiger partial charge in [-0.3, -0.25) is 0 Å². The summed E-state index contributed by atoms with van der Waals surface area (Å²) < 4.78 is 5.93. The van der Waals surface area contributed by atoms with Crippen molar-refractivity contribution in [2.45, 2.75) is 26.7 Å². The third kappa shape index (κ3) is 2.84. The second-order valence-electron chi connectivity index (χ2n) is 4.49. The summed E-state index contributed by atoms with van der Waals surface area (Å²) in [5.41, 5.74) is 4.50. The van der Waals surface area contributed by atoms with Crippen LogP contribution in [0, 0.1) is 11.6 Å². The van der Waals surface area contributed by atoms with Crippen LogP contribution in [0.5, 0.6) is 5.75 Å². The highest BCUT2D eigenvalue weighted by atomic mass is 32.1. The van der Waals surface area contributed by atoms with Gasteiger partial charge in [-0.2, -0.15) is 0 Å². The van der Waals surface area contributed by atoms with Crippen LogP contribution in [-0.2, 0) is 6.42 Å². The van der Waals surface area contributed by atoms with Crippen molar-refractivity contribution in [2.75, 3.05) is 7.11 Å². The van der Waals surface area contributed by atoms with E-state index in [9.17, 15) is 0 Å². The summed E-state index contributed by atoms with van der Waals surface area (Å²) in [6, 6.07) is 6.06. The predicted molar refractivity (Wildman–Crippen MR) is 80.1 cm³/mol. The molecule has 19 heavy (non-hydrogen) atoms. The molecule has 0 unspecified atom stereocenters. The number of hydrogen-bond donors (Lipinski definition) is 1. The number of aromatic nitrogens is 2. The SMILES string of the molecule is CCCc1c(-c2ccc(OC)cc2C)[nH]cnc1=S. The van der Waals surface area contributed by atoms with E-state index in [1.54, 1.807) is 13.4 Å². The van der Waals surface area contributed by atoms with E-state index >= 15 is 0 Å². The number of rotatable bonds is 4. The molecule has 0 saturated carbocycles. The maximum atomic E-state index is 5.34. The van der Waals surface area contributed by atoms with Gasteiger partial charge in [0.25, 0.3) is 0 Å². The van der Waals surface area contributed by atoms with Gasteiger partial charge in [0.2, 0.25) is 0 Å². The molecule has 0 amide bonds. The van der Waals surface area contributed by atoms with Crippen molar-refractivity contribution in [2.24, 2.45) is 0 Å². The average molecular weight is 274 g/mol. The lowest BCUT2D eigenvalue weighted by Crippen LogP contribution is -1.98. The minimum absolute atomic E-state index is 0.686. The zero-order chi connectivity index (χ0) is 13.8. The number of hydrogen-bond acceptors (Lipinski definition) is 3. The van der Waals surface area contributed by atoms with Gasteiger partial charge in [0.15, 0.2) is 0 Å². The van der Waals surface area contributed by atoms with Crippen molar-refractivity contribution in [1.29, 1.82) is 0 Å². The molecule has 100 valence electrons. The van der Waals surface area contributed by atoms with Crippen LogP contribution in [0.1, 0.15) is 24.5 Å². The summed E-state index contributed by atoms with van der Waals surface area (Å²) in [5, 5.41) is 0. The van der Waals surface area contributed by atoms with Crippen molar-refractivity contribution in [1.82, 2.24) is 9.97 Å². The fourth-order valence-corrected chi connectivity index (χ4v) is 2.45. The van der Waals surface area contributed by atoms with E-state index in [0.29, 0.717) is 4.64 Å². The van der Waals surface area contributed by atoms with Gasteiger partial charge in [0.05, 0.1) is 19.1 Å². The van der Waals surface area contributed by atoms with E-state index in [2.05, 4.69) is 29.9 Å². The molecule has 0 bridgehead atoms. The first-order chi connectivity index (χ1) is 9.17. The van der Waals surface area contributed by atoms with Gasteiger partial charge in [-0.15, -0.1) is 0 Å². The van der Waals surface area contributed by atoms with Gasteiger partial charge in [-0.25, -0.2) is 4.98 Å². The highest BCUT2D eigenvalue weighted by molar-refractivity contribution is 7.71. The van der Waals surface area contributed by atoms with E-state index in [-0.39, 0.29) is 0 Å². The van der Waals surface area contributed by atoms with E-state index < -0.39 is 0 Å². The van der Waals surface area contributed by atoms with E-state index in [1.165, 1.54) is 0 Å². The zero-order valence-corrected chi connectivity index (χ0v) is 12.3. The molecular formula is C15H18N2OS. The lowest BCUT2D eigenvalue weighted by molar-refractivity contribution is 0.414. The maximum absolute atomic E-state index is 5.34. The third-order valence-corrected chi connectivity index (χ3v) is 3.51. The molecular weight excluding hydrogens is 256 g/mol. The predicted octanol–water partition coefficient (Wildman–Crippen LogP) is 4.08. The van der Waals surface area contributed by atoms with Crippen LogP contribution in [0.4, 0.5) is 0 Å². The lowest BCUT2D eigenvalue weighted by Gasteiger charge is -2.12. The molecule has 0 saturated heterocycles. The quantitative estimate of drug-likeness (QED) is 0.854. The zero-order valence-electron chi connectivity index (χ0n) is 11.5. The molecule has 2 aromatic rings. The normalized spacial score (nSPS) is 10.5. The molecule has 4 heteroatoms. The van der Waals surface area contributed by atoms with Crippen LogP contribution in [-0.4, -0.2) is 17.1 Å². The number of aryl methyl sites for hydroxylation is 1. The van der Waals surface area contributed by atoms with Crippen molar-refractivity contribution >= 4 is 12.2 Å². The summed E-state index contributed by atoms with van der Waals surface area (Å²) in [4.78, 5) is 7.42. The van der Waals surface area contributed by atoms with Gasteiger partial charge >= 0.3 is 0 Å². The fourth-order valence-electron chi connectivity index (χ4n) is 2.19. The molecule has 0 aliphatic carbocycles. The first-order valence-corrected chi connectivity index (χ1v) is 6.79. The van der Waals surface area contributed by atoms with Gasteiger partial charge in [0.1, 0.15) is 10.4 Å². The van der Waals surface area contributed by atoms with Crippen molar-refractivity contribution < 1.29 is 4.74 Å². The van der Waals surface area contributed by atoms with Crippen LogP contribution < -0.4 is 4.74 Å². The average Bonchev–Trinajstić information content (AvgIpc) is 2.41. The van der Waals surface area contributed by atoms with Crippen LogP contribution in [0.3, 0.4) is 0 Å². The van der Waals surface area contributed by atoms with Gasteiger partial charge < -0.3 is 9.72 Å². The number of ether oxygens (including phenoxy) is 1. The number of nitrogens with one attached hydrogen (secondary N) is 1. The molecule has 3 nitrogen and oxygen atoms in total. The number of H-pyrrole nitrogens is 1. The molecule has 0 aliphatic rings. The van der Waals surface area contributed by atoms with Gasteiger partial charge in [-0.1, -0.05) is 25.6 Å². The van der Waals surface area contributed by atoms with Crippen LogP contribution in [0.2, 0.25) is 0 Å².